The van der Waals surface area contributed by atoms with Crippen molar-refractivity contribution in [2.45, 2.75) is 4.90 Å². The van der Waals surface area contributed by atoms with Gasteiger partial charge in [-0.1, -0.05) is 12.1 Å². The van der Waals surface area contributed by atoms with Gasteiger partial charge in [0.05, 0.1) is 4.90 Å². The molecule has 0 fully saturated rings. The quantitative estimate of drug-likeness (QED) is 0.325. The second-order valence-corrected chi connectivity index (χ2v) is 4.86. The molecule has 0 heterocycles. The summed E-state index contributed by atoms with van der Waals surface area (Å²) in [6.45, 7) is 0. The van der Waals surface area contributed by atoms with E-state index in [9.17, 15) is 13.2 Å². The first kappa shape index (κ1) is 11.3. The summed E-state index contributed by atoms with van der Waals surface area (Å²) in [5, 5.41) is 0. The van der Waals surface area contributed by atoms with Crippen LogP contribution in [-0.4, -0.2) is 31.5 Å². The van der Waals surface area contributed by atoms with Crippen LogP contribution in [0.2, 0.25) is 0 Å². The Balaban J connectivity index is 3.43. The summed E-state index contributed by atoms with van der Waals surface area (Å²) in [5.41, 5.74) is 8.19. The molecule has 0 aliphatic carbocycles. The molecule has 0 N–H and O–H groups in total. The molecule has 0 bridgehead atoms. The maximum Gasteiger partial charge on any atom is 0.328 e. The molecule has 0 unspecified atom stereocenters. The summed E-state index contributed by atoms with van der Waals surface area (Å²) >= 11 is 0. The molecule has 0 aliphatic rings. The molecule has 78 valence electrons. The van der Waals surface area contributed by atoms with Crippen molar-refractivity contribution in [1.29, 1.82) is 0 Å². The molecule has 1 rings (SSSR count). The molecule has 6 heteroatoms. The summed E-state index contributed by atoms with van der Waals surface area (Å²) < 4.78 is 22.6. The van der Waals surface area contributed by atoms with Crippen LogP contribution in [0.1, 0.15) is 10.4 Å². The second-order valence-electron chi connectivity index (χ2n) is 2.88. The van der Waals surface area contributed by atoms with Crippen molar-refractivity contribution in [1.82, 2.24) is 0 Å². The number of Topliss-reactive ketones (excluding diaryl/α,β-unsaturated/α-hetero) is 1. The lowest BCUT2D eigenvalue weighted by molar-refractivity contribution is 0.00232. The van der Waals surface area contributed by atoms with Crippen molar-refractivity contribution in [2.24, 2.45) is 0 Å². The van der Waals surface area contributed by atoms with E-state index in [1.54, 1.807) is 0 Å². The van der Waals surface area contributed by atoms with E-state index < -0.39 is 15.6 Å². The van der Waals surface area contributed by atoms with E-state index >= 15 is 0 Å². The molecule has 1 aromatic carbocycles. The SMILES string of the molecule is CS(=O)(=O)c1ccccc1C(=O)C=[N+]=[N-]. The van der Waals surface area contributed by atoms with Crippen LogP contribution in [0.3, 0.4) is 0 Å². The van der Waals surface area contributed by atoms with Gasteiger partial charge < -0.3 is 5.53 Å². The van der Waals surface area contributed by atoms with Crippen LogP contribution in [0, 0.1) is 0 Å². The average molecular weight is 224 g/mol. The normalized spacial score (nSPS) is 10.5. The van der Waals surface area contributed by atoms with Gasteiger partial charge in [0, 0.05) is 11.8 Å². The molecule has 0 amide bonds. The lowest BCUT2D eigenvalue weighted by Crippen LogP contribution is -2.09. The predicted molar refractivity (Wildman–Crippen MR) is 53.6 cm³/mol. The highest BCUT2D eigenvalue weighted by Crippen LogP contribution is 2.14. The molecule has 5 nitrogen and oxygen atoms in total. The number of sulfone groups is 1. The first-order chi connectivity index (χ1) is 6.96. The van der Waals surface area contributed by atoms with E-state index in [1.165, 1.54) is 24.3 Å². The van der Waals surface area contributed by atoms with E-state index in [-0.39, 0.29) is 10.5 Å². The van der Waals surface area contributed by atoms with E-state index in [1.807, 2.05) is 0 Å². The zero-order valence-electron chi connectivity index (χ0n) is 7.91. The minimum atomic E-state index is -3.46. The third kappa shape index (κ3) is 2.59. The van der Waals surface area contributed by atoms with Crippen LogP contribution < -0.4 is 0 Å². The number of carbonyl (C=O) groups excluding carboxylic acids is 1. The van der Waals surface area contributed by atoms with Crippen molar-refractivity contribution in [3.8, 4) is 0 Å². The molecule has 0 aromatic heterocycles. The number of rotatable bonds is 3. The van der Waals surface area contributed by atoms with Gasteiger partial charge in [-0.15, -0.1) is 0 Å². The zero-order chi connectivity index (χ0) is 11.5. The highest BCUT2D eigenvalue weighted by atomic mass is 32.2. The third-order valence-electron chi connectivity index (χ3n) is 1.73. The van der Waals surface area contributed by atoms with Gasteiger partial charge >= 0.3 is 6.21 Å². The number of hydrogen-bond acceptors (Lipinski definition) is 3. The fraction of sp³-hybridized carbons (Fsp3) is 0.111. The van der Waals surface area contributed by atoms with Gasteiger partial charge in [-0.05, 0) is 12.1 Å². The number of hydrogen-bond donors (Lipinski definition) is 0. The smallest absolute Gasteiger partial charge is 0.328 e. The summed E-state index contributed by atoms with van der Waals surface area (Å²) in [6.07, 6.45) is 1.67. The molecule has 0 atom stereocenters. The number of benzene rings is 1. The predicted octanol–water partition coefficient (Wildman–Crippen LogP) is 0.573. The van der Waals surface area contributed by atoms with Crippen molar-refractivity contribution in [3.63, 3.8) is 0 Å². The lowest BCUT2D eigenvalue weighted by atomic mass is 10.1. The van der Waals surface area contributed by atoms with Gasteiger partial charge in [-0.2, -0.15) is 4.79 Å². The number of carbonyl (C=O) groups is 1. The fourth-order valence-electron chi connectivity index (χ4n) is 1.12. The van der Waals surface area contributed by atoms with Gasteiger partial charge in [0.1, 0.15) is 0 Å². The van der Waals surface area contributed by atoms with Crippen molar-refractivity contribution >= 4 is 21.8 Å². The molecule has 0 aliphatic heterocycles. The summed E-state index contributed by atoms with van der Waals surface area (Å²) in [5.74, 6) is -0.654. The van der Waals surface area contributed by atoms with E-state index in [4.69, 9.17) is 5.53 Å². The molecule has 0 saturated carbocycles. The largest absolute Gasteiger partial charge is 0.361 e. The zero-order valence-corrected chi connectivity index (χ0v) is 8.73. The van der Waals surface area contributed by atoms with Crippen molar-refractivity contribution in [2.75, 3.05) is 6.26 Å². The average Bonchev–Trinajstić information content (AvgIpc) is 2.17. The van der Waals surface area contributed by atoms with Crippen LogP contribution in [0.25, 0.3) is 5.53 Å². The summed E-state index contributed by atoms with van der Waals surface area (Å²) in [4.78, 5) is 13.8. The number of ketones is 1. The van der Waals surface area contributed by atoms with Crippen molar-refractivity contribution in [3.05, 3.63) is 35.4 Å². The van der Waals surface area contributed by atoms with E-state index in [0.717, 1.165) is 6.26 Å². The summed E-state index contributed by atoms with van der Waals surface area (Å²) in [7, 11) is -3.46. The van der Waals surface area contributed by atoms with Crippen LogP contribution in [0.5, 0.6) is 0 Å². The second kappa shape index (κ2) is 4.16. The molecular weight excluding hydrogens is 216 g/mol. The molecule has 1 aromatic rings. The highest BCUT2D eigenvalue weighted by molar-refractivity contribution is 7.90. The number of nitrogens with zero attached hydrogens (tertiary/aromatic N) is 2. The van der Waals surface area contributed by atoms with Crippen LogP contribution in [0.4, 0.5) is 0 Å². The lowest BCUT2D eigenvalue weighted by Gasteiger charge is -2.01. The Kier molecular flexibility index (Phi) is 3.14. The maximum absolute atomic E-state index is 11.3. The van der Waals surface area contributed by atoms with Crippen LogP contribution in [0.15, 0.2) is 29.2 Å². The topological polar surface area (TPSA) is 87.6 Å². The maximum atomic E-state index is 11.3. The molecule has 15 heavy (non-hydrogen) atoms. The van der Waals surface area contributed by atoms with E-state index in [0.29, 0.717) is 6.21 Å². The molecule has 0 radical (unpaired) electrons. The molecular formula is C9H8N2O3S. The molecule has 0 saturated heterocycles. The minimum Gasteiger partial charge on any atom is -0.361 e. The van der Waals surface area contributed by atoms with E-state index in [2.05, 4.69) is 4.79 Å². The van der Waals surface area contributed by atoms with Crippen LogP contribution in [-0.2, 0) is 9.84 Å². The van der Waals surface area contributed by atoms with Gasteiger partial charge in [0.25, 0.3) is 5.78 Å². The Bertz CT molecular complexity index is 542. The first-order valence-electron chi connectivity index (χ1n) is 3.97. The Morgan fingerprint density at radius 1 is 1.40 bits per heavy atom. The van der Waals surface area contributed by atoms with Gasteiger partial charge in [-0.3, -0.25) is 4.79 Å². The molecule has 0 spiro atoms. The van der Waals surface area contributed by atoms with Crippen molar-refractivity contribution < 1.29 is 18.0 Å². The minimum absolute atomic E-state index is 0.00204. The fourth-order valence-corrected chi connectivity index (χ4v) is 2.01. The standard InChI is InChI=1S/C9H8N2O3S/c1-15(13,14)9-5-3-2-4-7(9)8(12)6-11-10/h2-6H,1H3. The Morgan fingerprint density at radius 3 is 2.53 bits per heavy atom. The van der Waals surface area contributed by atoms with Crippen LogP contribution >= 0.6 is 0 Å². The Hall–Kier alpha value is -1.78. The Labute approximate surface area is 86.9 Å². The Morgan fingerprint density at radius 2 is 2.00 bits per heavy atom. The monoisotopic (exact) mass is 224 g/mol. The van der Waals surface area contributed by atoms with Gasteiger partial charge in [0.15, 0.2) is 9.84 Å². The summed E-state index contributed by atoms with van der Waals surface area (Å²) in [6, 6.07) is 5.74. The third-order valence-corrected chi connectivity index (χ3v) is 2.88. The van der Waals surface area contributed by atoms with Gasteiger partial charge in [0.2, 0.25) is 0 Å². The highest BCUT2D eigenvalue weighted by Gasteiger charge is 2.18. The van der Waals surface area contributed by atoms with Gasteiger partial charge in [-0.25, -0.2) is 8.42 Å². The first-order valence-corrected chi connectivity index (χ1v) is 5.87.